The number of benzene rings is 1. The zero-order chi connectivity index (χ0) is 12.0. The van der Waals surface area contributed by atoms with Gasteiger partial charge in [-0.15, -0.1) is 0 Å². The number of rotatable bonds is 6. The lowest BCUT2D eigenvalue weighted by Crippen LogP contribution is -2.20. The molecule has 1 aromatic rings. The van der Waals surface area contributed by atoms with Crippen molar-refractivity contribution < 1.29 is 5.11 Å². The van der Waals surface area contributed by atoms with Gasteiger partial charge in [-0.2, -0.15) is 0 Å². The molecule has 0 aliphatic rings. The van der Waals surface area contributed by atoms with Gasteiger partial charge in [-0.25, -0.2) is 0 Å². The van der Waals surface area contributed by atoms with Gasteiger partial charge in [0.1, 0.15) is 0 Å². The molecule has 0 fully saturated rings. The van der Waals surface area contributed by atoms with Gasteiger partial charge in [-0.1, -0.05) is 56.5 Å². The highest BCUT2D eigenvalue weighted by Crippen LogP contribution is 2.23. The molecule has 0 bridgehead atoms. The molecule has 1 unspecified atom stereocenters. The Hall–Kier alpha value is -0.820. The van der Waals surface area contributed by atoms with E-state index in [4.69, 9.17) is 0 Å². The summed E-state index contributed by atoms with van der Waals surface area (Å²) in [5.41, 5.74) is 2.66. The smallest absolute Gasteiger partial charge is 0.0465 e. The van der Waals surface area contributed by atoms with E-state index >= 15 is 0 Å². The van der Waals surface area contributed by atoms with Crippen LogP contribution < -0.4 is 0 Å². The second kappa shape index (κ2) is 6.70. The van der Waals surface area contributed by atoms with Crippen molar-refractivity contribution in [3.63, 3.8) is 0 Å². The topological polar surface area (TPSA) is 20.2 Å². The van der Waals surface area contributed by atoms with E-state index in [2.05, 4.69) is 45.0 Å². The molecule has 0 radical (unpaired) electrons. The molecule has 1 heteroatoms. The molecule has 0 heterocycles. The molecule has 1 N–H and O–H groups in total. The van der Waals surface area contributed by atoms with Crippen LogP contribution in [0.25, 0.3) is 0 Å². The molecule has 90 valence electrons. The highest BCUT2D eigenvalue weighted by Gasteiger charge is 2.17. The SMILES string of the molecule is CCC(CC)C(CO)Cc1cccc(C)c1. The molecule has 0 aliphatic carbocycles. The summed E-state index contributed by atoms with van der Waals surface area (Å²) in [6.45, 7) is 6.86. The van der Waals surface area contributed by atoms with Gasteiger partial charge in [0, 0.05) is 6.61 Å². The summed E-state index contributed by atoms with van der Waals surface area (Å²) in [7, 11) is 0. The predicted molar refractivity (Wildman–Crippen MR) is 69.5 cm³/mol. The van der Waals surface area contributed by atoms with Gasteiger partial charge in [-0.05, 0) is 30.7 Å². The maximum absolute atomic E-state index is 9.49. The lowest BCUT2D eigenvalue weighted by molar-refractivity contribution is 0.167. The highest BCUT2D eigenvalue weighted by molar-refractivity contribution is 5.22. The van der Waals surface area contributed by atoms with Crippen molar-refractivity contribution in [2.75, 3.05) is 6.61 Å². The van der Waals surface area contributed by atoms with Crippen molar-refractivity contribution in [2.45, 2.75) is 40.0 Å². The second-order valence-electron chi connectivity index (χ2n) is 4.71. The van der Waals surface area contributed by atoms with Crippen LogP contribution in [-0.4, -0.2) is 11.7 Å². The predicted octanol–water partition coefficient (Wildman–Crippen LogP) is 3.58. The fraction of sp³-hybridized carbons (Fsp3) is 0.600. The second-order valence-corrected chi connectivity index (χ2v) is 4.71. The summed E-state index contributed by atoms with van der Waals surface area (Å²) in [5, 5.41) is 9.49. The minimum Gasteiger partial charge on any atom is -0.396 e. The van der Waals surface area contributed by atoms with Crippen LogP contribution in [0.15, 0.2) is 24.3 Å². The fourth-order valence-electron chi connectivity index (χ4n) is 2.48. The molecular formula is C15H24O. The van der Waals surface area contributed by atoms with Crippen LogP contribution in [0.2, 0.25) is 0 Å². The Morgan fingerprint density at radius 1 is 1.12 bits per heavy atom. The van der Waals surface area contributed by atoms with E-state index in [0.29, 0.717) is 18.4 Å². The van der Waals surface area contributed by atoms with Crippen molar-refractivity contribution in [3.05, 3.63) is 35.4 Å². The van der Waals surface area contributed by atoms with Crippen LogP contribution in [0, 0.1) is 18.8 Å². The van der Waals surface area contributed by atoms with E-state index in [-0.39, 0.29) is 0 Å². The first-order chi connectivity index (χ1) is 7.71. The van der Waals surface area contributed by atoms with Gasteiger partial charge in [0.25, 0.3) is 0 Å². The van der Waals surface area contributed by atoms with Crippen molar-refractivity contribution in [3.8, 4) is 0 Å². The molecule has 0 amide bonds. The van der Waals surface area contributed by atoms with Crippen molar-refractivity contribution in [1.29, 1.82) is 0 Å². The first-order valence-electron chi connectivity index (χ1n) is 6.37. The summed E-state index contributed by atoms with van der Waals surface area (Å²) < 4.78 is 0. The lowest BCUT2D eigenvalue weighted by Gasteiger charge is -2.23. The standard InChI is InChI=1S/C15H24O/c1-4-14(5-2)15(11-16)10-13-8-6-7-12(3)9-13/h6-9,14-16H,4-5,10-11H2,1-3H3. The van der Waals surface area contributed by atoms with Crippen LogP contribution in [-0.2, 0) is 6.42 Å². The first-order valence-corrected chi connectivity index (χ1v) is 6.37. The molecule has 1 atom stereocenters. The van der Waals surface area contributed by atoms with Gasteiger partial charge in [0.05, 0.1) is 0 Å². The normalized spacial score (nSPS) is 13.1. The third-order valence-electron chi connectivity index (χ3n) is 3.53. The Kier molecular flexibility index (Phi) is 5.54. The Labute approximate surface area is 99.5 Å². The molecular weight excluding hydrogens is 196 g/mol. The summed E-state index contributed by atoms with van der Waals surface area (Å²) in [6.07, 6.45) is 3.33. The zero-order valence-corrected chi connectivity index (χ0v) is 10.7. The summed E-state index contributed by atoms with van der Waals surface area (Å²) in [5.74, 6) is 1.06. The molecule has 0 saturated heterocycles. The Morgan fingerprint density at radius 2 is 1.81 bits per heavy atom. The molecule has 1 nitrogen and oxygen atoms in total. The van der Waals surface area contributed by atoms with Crippen LogP contribution in [0.5, 0.6) is 0 Å². The van der Waals surface area contributed by atoms with Crippen LogP contribution in [0.4, 0.5) is 0 Å². The molecule has 0 aliphatic heterocycles. The Bertz CT molecular complexity index is 302. The maximum atomic E-state index is 9.49. The van der Waals surface area contributed by atoms with Gasteiger partial charge in [0.2, 0.25) is 0 Å². The molecule has 1 rings (SSSR count). The number of hydrogen-bond donors (Lipinski definition) is 1. The monoisotopic (exact) mass is 220 g/mol. The van der Waals surface area contributed by atoms with Gasteiger partial charge >= 0.3 is 0 Å². The van der Waals surface area contributed by atoms with Crippen LogP contribution >= 0.6 is 0 Å². The van der Waals surface area contributed by atoms with E-state index in [9.17, 15) is 5.11 Å². The Morgan fingerprint density at radius 3 is 2.31 bits per heavy atom. The van der Waals surface area contributed by atoms with Gasteiger partial charge < -0.3 is 5.11 Å². The van der Waals surface area contributed by atoms with Crippen LogP contribution in [0.3, 0.4) is 0 Å². The number of aliphatic hydroxyl groups is 1. The van der Waals surface area contributed by atoms with Crippen molar-refractivity contribution in [2.24, 2.45) is 11.8 Å². The minimum atomic E-state index is 0.306. The summed E-state index contributed by atoms with van der Waals surface area (Å²) in [4.78, 5) is 0. The largest absolute Gasteiger partial charge is 0.396 e. The third kappa shape index (κ3) is 3.64. The number of aryl methyl sites for hydroxylation is 1. The molecule has 0 spiro atoms. The van der Waals surface area contributed by atoms with Gasteiger partial charge in [-0.3, -0.25) is 0 Å². The average molecular weight is 220 g/mol. The average Bonchev–Trinajstić information content (AvgIpc) is 2.29. The first kappa shape index (κ1) is 13.2. The zero-order valence-electron chi connectivity index (χ0n) is 10.7. The molecule has 16 heavy (non-hydrogen) atoms. The van der Waals surface area contributed by atoms with Gasteiger partial charge in [0.15, 0.2) is 0 Å². The third-order valence-corrected chi connectivity index (χ3v) is 3.53. The van der Waals surface area contributed by atoms with E-state index < -0.39 is 0 Å². The van der Waals surface area contributed by atoms with Crippen molar-refractivity contribution >= 4 is 0 Å². The Balaban J connectivity index is 2.69. The maximum Gasteiger partial charge on any atom is 0.0465 e. The molecule has 1 aromatic carbocycles. The highest BCUT2D eigenvalue weighted by atomic mass is 16.3. The van der Waals surface area contributed by atoms with E-state index in [1.807, 2.05) is 0 Å². The van der Waals surface area contributed by atoms with Crippen LogP contribution in [0.1, 0.15) is 37.8 Å². The van der Waals surface area contributed by atoms with E-state index in [1.165, 1.54) is 11.1 Å². The lowest BCUT2D eigenvalue weighted by atomic mass is 9.84. The summed E-state index contributed by atoms with van der Waals surface area (Å²) in [6, 6.07) is 8.61. The van der Waals surface area contributed by atoms with E-state index in [0.717, 1.165) is 19.3 Å². The van der Waals surface area contributed by atoms with E-state index in [1.54, 1.807) is 0 Å². The quantitative estimate of drug-likeness (QED) is 0.777. The molecule has 0 aromatic heterocycles. The number of aliphatic hydroxyl groups excluding tert-OH is 1. The fourth-order valence-corrected chi connectivity index (χ4v) is 2.48. The molecule has 0 saturated carbocycles. The summed E-state index contributed by atoms with van der Waals surface area (Å²) >= 11 is 0. The number of hydrogen-bond acceptors (Lipinski definition) is 1. The van der Waals surface area contributed by atoms with Crippen molar-refractivity contribution in [1.82, 2.24) is 0 Å². The minimum absolute atomic E-state index is 0.306.